The topological polar surface area (TPSA) is 96.0 Å². The highest BCUT2D eigenvalue weighted by Gasteiger charge is 2.16. The first-order chi connectivity index (χ1) is 15.4. The zero-order valence-corrected chi connectivity index (χ0v) is 19.9. The number of nitro groups is 1. The molecule has 0 aliphatic carbocycles. The molecule has 0 N–H and O–H groups in total. The van der Waals surface area contributed by atoms with E-state index in [0.717, 1.165) is 20.7 Å². The molecule has 0 bridgehead atoms. The first-order valence-corrected chi connectivity index (χ1v) is 12.5. The fourth-order valence-electron chi connectivity index (χ4n) is 3.27. The lowest BCUT2D eigenvalue weighted by Gasteiger charge is -2.09. The second-order valence-electron chi connectivity index (χ2n) is 6.71. The van der Waals surface area contributed by atoms with Gasteiger partial charge in [-0.2, -0.15) is 16.8 Å². The number of non-ortho nitro benzene ring substituents is 1. The van der Waals surface area contributed by atoms with Gasteiger partial charge in [-0.1, -0.05) is 11.3 Å². The van der Waals surface area contributed by atoms with Gasteiger partial charge in [0.05, 0.1) is 34.2 Å². The molecular formula is C21H19N3O5S3. The predicted octanol–water partition coefficient (Wildman–Crippen LogP) is 4.95. The number of nitrogens with zero attached hydrogens (tertiary/aromatic N) is 3. The molecule has 0 atom stereocenters. The van der Waals surface area contributed by atoms with Gasteiger partial charge >= 0.3 is 0 Å². The zero-order valence-electron chi connectivity index (χ0n) is 17.5. The third kappa shape index (κ3) is 4.23. The summed E-state index contributed by atoms with van der Waals surface area (Å²) in [6.45, 7) is 0.682. The first kappa shape index (κ1) is 22.3. The minimum Gasteiger partial charge on any atom is -0.493 e. The van der Waals surface area contributed by atoms with Gasteiger partial charge in [0.15, 0.2) is 16.3 Å². The number of hydrogen-bond acceptors (Lipinski definition) is 8. The fraction of sp³-hybridized carbons (Fsp3) is 0.238. The Kier molecular flexibility index (Phi) is 6.49. The number of thiophene rings is 1. The van der Waals surface area contributed by atoms with Gasteiger partial charge in [-0.15, -0.1) is 11.3 Å². The molecule has 1 amide bonds. The van der Waals surface area contributed by atoms with Crippen LogP contribution in [0, 0.1) is 10.1 Å². The number of carbonyl (C=O) groups is 1. The molecular weight excluding hydrogens is 470 g/mol. The maximum Gasteiger partial charge on any atom is 0.289 e. The van der Waals surface area contributed by atoms with Crippen LogP contribution >= 0.6 is 34.4 Å². The van der Waals surface area contributed by atoms with Crippen molar-refractivity contribution in [2.45, 2.75) is 6.54 Å². The van der Waals surface area contributed by atoms with E-state index in [-0.39, 0.29) is 11.6 Å². The molecule has 4 rings (SSSR count). The lowest BCUT2D eigenvalue weighted by atomic mass is 10.2. The first-order valence-electron chi connectivity index (χ1n) is 9.46. The number of hydrogen-bond donors (Lipinski definition) is 0. The minimum absolute atomic E-state index is 0.00598. The average Bonchev–Trinajstić information content (AvgIpc) is 3.36. The van der Waals surface area contributed by atoms with Crippen molar-refractivity contribution in [3.8, 4) is 11.5 Å². The monoisotopic (exact) mass is 489 g/mol. The van der Waals surface area contributed by atoms with Crippen molar-refractivity contribution in [2.24, 2.45) is 4.99 Å². The van der Waals surface area contributed by atoms with E-state index in [9.17, 15) is 14.9 Å². The summed E-state index contributed by atoms with van der Waals surface area (Å²) in [5, 5.41) is 11.7. The average molecular weight is 490 g/mol. The van der Waals surface area contributed by atoms with Crippen molar-refractivity contribution in [3.05, 3.63) is 56.2 Å². The van der Waals surface area contributed by atoms with E-state index in [2.05, 4.69) is 4.99 Å². The molecule has 0 spiro atoms. The lowest BCUT2D eigenvalue weighted by molar-refractivity contribution is -0.384. The minimum atomic E-state index is -0.447. The van der Waals surface area contributed by atoms with Crippen molar-refractivity contribution in [3.63, 3.8) is 0 Å². The van der Waals surface area contributed by atoms with Crippen molar-refractivity contribution < 1.29 is 19.2 Å². The van der Waals surface area contributed by atoms with Gasteiger partial charge in [0.25, 0.3) is 11.6 Å². The second kappa shape index (κ2) is 9.31. The van der Waals surface area contributed by atoms with Gasteiger partial charge in [0.2, 0.25) is 0 Å². The molecule has 11 heteroatoms. The van der Waals surface area contributed by atoms with E-state index in [1.807, 2.05) is 23.0 Å². The molecule has 0 aliphatic rings. The molecule has 4 aromatic rings. The summed E-state index contributed by atoms with van der Waals surface area (Å²) in [6.07, 6.45) is 2.02. The Morgan fingerprint density at radius 2 is 1.88 bits per heavy atom. The van der Waals surface area contributed by atoms with E-state index in [1.54, 1.807) is 38.1 Å². The van der Waals surface area contributed by atoms with Crippen molar-refractivity contribution in [1.82, 2.24) is 4.57 Å². The quantitative estimate of drug-likeness (QED) is 0.269. The van der Waals surface area contributed by atoms with Crippen molar-refractivity contribution >= 4 is 66.3 Å². The van der Waals surface area contributed by atoms with Gasteiger partial charge < -0.3 is 14.0 Å². The number of fused-ring (bicyclic) bond motifs is 2. The van der Waals surface area contributed by atoms with Crippen LogP contribution in [-0.4, -0.2) is 41.6 Å². The number of benzene rings is 2. The summed E-state index contributed by atoms with van der Waals surface area (Å²) >= 11 is 4.38. The summed E-state index contributed by atoms with van der Waals surface area (Å²) < 4.78 is 14.6. The number of ether oxygens (including phenoxy) is 2. The molecule has 2 aromatic heterocycles. The number of rotatable bonds is 7. The summed E-state index contributed by atoms with van der Waals surface area (Å²) in [7, 11) is 3.17. The highest BCUT2D eigenvalue weighted by molar-refractivity contribution is 7.98. The van der Waals surface area contributed by atoms with E-state index in [1.165, 1.54) is 34.8 Å². The number of thiazole rings is 1. The lowest BCUT2D eigenvalue weighted by Crippen LogP contribution is -2.18. The van der Waals surface area contributed by atoms with Crippen LogP contribution in [0.25, 0.3) is 20.3 Å². The van der Waals surface area contributed by atoms with E-state index in [4.69, 9.17) is 9.47 Å². The maximum atomic E-state index is 13.0. The Morgan fingerprint density at radius 3 is 2.56 bits per heavy atom. The smallest absolute Gasteiger partial charge is 0.289 e. The van der Waals surface area contributed by atoms with Crippen LogP contribution in [0.1, 0.15) is 9.67 Å². The van der Waals surface area contributed by atoms with Crippen molar-refractivity contribution in [2.75, 3.05) is 26.2 Å². The van der Waals surface area contributed by atoms with Gasteiger partial charge in [-0.05, 0) is 18.4 Å². The standard InChI is InChI=1S/C21H19N3O5S3/c1-28-15-10-14-18(11-16(15)29-2)32-21(23(14)6-7-30-3)22-20(25)19-9-12-8-13(24(26)27)4-5-17(12)31-19/h4-5,8-11H,6-7H2,1-3H3. The fourth-order valence-corrected chi connectivity index (χ4v) is 5.63. The normalized spacial score (nSPS) is 11.9. The maximum absolute atomic E-state index is 13.0. The number of carbonyl (C=O) groups excluding carboxylic acids is 1. The molecule has 2 heterocycles. The highest BCUT2D eigenvalue weighted by Crippen LogP contribution is 2.34. The number of aromatic nitrogens is 1. The van der Waals surface area contributed by atoms with Crippen LogP contribution in [0.5, 0.6) is 11.5 Å². The third-order valence-electron chi connectivity index (χ3n) is 4.83. The van der Waals surface area contributed by atoms with Crippen LogP contribution in [0.4, 0.5) is 5.69 Å². The van der Waals surface area contributed by atoms with E-state index >= 15 is 0 Å². The number of methoxy groups -OCH3 is 2. The zero-order chi connectivity index (χ0) is 22.8. The van der Waals surface area contributed by atoms with Gasteiger partial charge in [-0.3, -0.25) is 14.9 Å². The molecule has 0 radical (unpaired) electrons. The summed E-state index contributed by atoms with van der Waals surface area (Å²) in [5.41, 5.74) is 0.911. The largest absolute Gasteiger partial charge is 0.493 e. The number of nitro benzene ring substituents is 1. The van der Waals surface area contributed by atoms with Gasteiger partial charge in [0.1, 0.15) is 0 Å². The Morgan fingerprint density at radius 1 is 1.12 bits per heavy atom. The van der Waals surface area contributed by atoms with Crippen molar-refractivity contribution in [1.29, 1.82) is 0 Å². The molecule has 2 aromatic carbocycles. The highest BCUT2D eigenvalue weighted by atomic mass is 32.2. The number of amides is 1. The summed E-state index contributed by atoms with van der Waals surface area (Å²) in [6, 6.07) is 10.0. The SMILES string of the molecule is COc1cc2sc(=NC(=O)c3cc4cc([N+](=O)[O-])ccc4s3)n(CCSC)c2cc1OC. The molecule has 0 saturated carbocycles. The van der Waals surface area contributed by atoms with Crippen LogP contribution in [0.15, 0.2) is 41.4 Å². The number of aryl methyl sites for hydroxylation is 1. The van der Waals surface area contributed by atoms with Gasteiger partial charge in [0, 0.05) is 46.6 Å². The Bertz CT molecular complexity index is 1400. The summed E-state index contributed by atoms with van der Waals surface area (Å²) in [5.74, 6) is 1.70. The van der Waals surface area contributed by atoms with E-state index in [0.29, 0.717) is 33.1 Å². The number of thioether (sulfide) groups is 1. The Balaban J connectivity index is 1.81. The molecule has 0 unspecified atom stereocenters. The Hall–Kier alpha value is -2.89. The van der Waals surface area contributed by atoms with Gasteiger partial charge in [-0.25, -0.2) is 0 Å². The van der Waals surface area contributed by atoms with Crippen LogP contribution in [0.3, 0.4) is 0 Å². The predicted molar refractivity (Wildman–Crippen MR) is 130 cm³/mol. The Labute approximate surface area is 195 Å². The van der Waals surface area contributed by atoms with Crippen LogP contribution in [0.2, 0.25) is 0 Å². The second-order valence-corrected chi connectivity index (χ2v) is 9.79. The molecule has 8 nitrogen and oxygen atoms in total. The van der Waals surface area contributed by atoms with Crippen LogP contribution in [-0.2, 0) is 6.54 Å². The molecule has 166 valence electrons. The molecule has 32 heavy (non-hydrogen) atoms. The molecule has 0 saturated heterocycles. The van der Waals surface area contributed by atoms with Crippen LogP contribution < -0.4 is 14.3 Å². The summed E-state index contributed by atoms with van der Waals surface area (Å²) in [4.78, 5) is 29.0. The third-order valence-corrected chi connectivity index (χ3v) is 7.56. The molecule has 0 fully saturated rings. The molecule has 0 aliphatic heterocycles. The van der Waals surface area contributed by atoms with E-state index < -0.39 is 4.92 Å².